The Balaban J connectivity index is 2.52. The molecule has 3 heteroatoms. The number of ether oxygens (including phenoxy) is 1. The van der Waals surface area contributed by atoms with Crippen LogP contribution in [0.3, 0.4) is 0 Å². The molecule has 0 aromatic heterocycles. The van der Waals surface area contributed by atoms with Gasteiger partial charge in [-0.2, -0.15) is 0 Å². The van der Waals surface area contributed by atoms with Crippen molar-refractivity contribution in [1.29, 1.82) is 0 Å². The molecule has 0 saturated heterocycles. The van der Waals surface area contributed by atoms with Gasteiger partial charge in [0, 0.05) is 18.0 Å². The minimum Gasteiger partial charge on any atom is -0.493 e. The average molecular weight is 265 g/mol. The normalized spacial score (nSPS) is 14.4. The maximum Gasteiger partial charge on any atom is 0.122 e. The van der Waals surface area contributed by atoms with Gasteiger partial charge in [-0.05, 0) is 25.0 Å². The minimum absolute atomic E-state index is 0.115. The molecular weight excluding hydrogens is 238 g/mol. The van der Waals surface area contributed by atoms with E-state index in [4.69, 9.17) is 4.74 Å². The van der Waals surface area contributed by atoms with Gasteiger partial charge in [-0.15, -0.1) is 0 Å². The van der Waals surface area contributed by atoms with Crippen molar-refractivity contribution in [3.05, 3.63) is 29.8 Å². The van der Waals surface area contributed by atoms with E-state index in [9.17, 15) is 5.11 Å². The standard InChI is InChI=1S/C16H27NO2/c1-5-14-8-6-7-9-15(14)19-11-10-16(4,12-18)17-13(2)3/h6-9,13,17-18H,5,10-12H2,1-4H3. The third-order valence-corrected chi connectivity index (χ3v) is 3.25. The van der Waals surface area contributed by atoms with Gasteiger partial charge in [0.2, 0.25) is 0 Å². The molecule has 3 nitrogen and oxygen atoms in total. The zero-order chi connectivity index (χ0) is 14.3. The van der Waals surface area contributed by atoms with Crippen LogP contribution in [-0.4, -0.2) is 29.9 Å². The number of nitrogens with one attached hydrogen (secondary N) is 1. The number of para-hydroxylation sites is 1. The van der Waals surface area contributed by atoms with Crippen LogP contribution in [-0.2, 0) is 6.42 Å². The first kappa shape index (κ1) is 16.0. The molecule has 0 heterocycles. The van der Waals surface area contributed by atoms with E-state index in [0.717, 1.165) is 18.6 Å². The molecule has 0 amide bonds. The monoisotopic (exact) mass is 265 g/mol. The maximum absolute atomic E-state index is 9.51. The summed E-state index contributed by atoms with van der Waals surface area (Å²) in [6.07, 6.45) is 1.75. The van der Waals surface area contributed by atoms with Crippen molar-refractivity contribution in [2.24, 2.45) is 0 Å². The van der Waals surface area contributed by atoms with Crippen LogP contribution in [0.25, 0.3) is 0 Å². The van der Waals surface area contributed by atoms with Crippen LogP contribution in [0.15, 0.2) is 24.3 Å². The second-order valence-electron chi connectivity index (χ2n) is 5.58. The molecule has 2 N–H and O–H groups in total. The van der Waals surface area contributed by atoms with Crippen molar-refractivity contribution in [2.75, 3.05) is 13.2 Å². The molecule has 0 saturated carbocycles. The van der Waals surface area contributed by atoms with Gasteiger partial charge in [0.15, 0.2) is 0 Å². The van der Waals surface area contributed by atoms with Crippen molar-refractivity contribution in [3.8, 4) is 5.75 Å². The number of hydrogen-bond acceptors (Lipinski definition) is 3. The second-order valence-corrected chi connectivity index (χ2v) is 5.58. The molecule has 0 aliphatic carbocycles. The first-order valence-electron chi connectivity index (χ1n) is 7.10. The predicted octanol–water partition coefficient (Wildman–Crippen LogP) is 2.77. The lowest BCUT2D eigenvalue weighted by Gasteiger charge is -2.31. The molecule has 0 spiro atoms. The highest BCUT2D eigenvalue weighted by atomic mass is 16.5. The summed E-state index contributed by atoms with van der Waals surface area (Å²) in [6, 6.07) is 8.47. The van der Waals surface area contributed by atoms with Gasteiger partial charge < -0.3 is 15.2 Å². The smallest absolute Gasteiger partial charge is 0.122 e. The summed E-state index contributed by atoms with van der Waals surface area (Å²) in [5.74, 6) is 0.954. The Hall–Kier alpha value is -1.06. The van der Waals surface area contributed by atoms with Crippen LogP contribution in [0.2, 0.25) is 0 Å². The molecule has 0 aliphatic rings. The van der Waals surface area contributed by atoms with E-state index < -0.39 is 0 Å². The highest BCUT2D eigenvalue weighted by Crippen LogP contribution is 2.19. The first-order chi connectivity index (χ1) is 9.00. The fourth-order valence-electron chi connectivity index (χ4n) is 2.22. The van der Waals surface area contributed by atoms with Gasteiger partial charge in [-0.25, -0.2) is 0 Å². The second kappa shape index (κ2) is 7.51. The molecule has 108 valence electrons. The van der Waals surface area contributed by atoms with Crippen molar-refractivity contribution >= 4 is 0 Å². The average Bonchev–Trinajstić information content (AvgIpc) is 2.38. The molecule has 0 fully saturated rings. The molecule has 1 unspecified atom stereocenters. The van der Waals surface area contributed by atoms with Crippen LogP contribution < -0.4 is 10.1 Å². The van der Waals surface area contributed by atoms with Crippen molar-refractivity contribution in [1.82, 2.24) is 5.32 Å². The number of benzene rings is 1. The Morgan fingerprint density at radius 2 is 2.00 bits per heavy atom. The number of aryl methyl sites for hydroxylation is 1. The topological polar surface area (TPSA) is 41.5 Å². The molecule has 1 rings (SSSR count). The maximum atomic E-state index is 9.51. The van der Waals surface area contributed by atoms with Crippen LogP contribution in [0, 0.1) is 0 Å². The molecule has 0 aliphatic heterocycles. The third-order valence-electron chi connectivity index (χ3n) is 3.25. The van der Waals surface area contributed by atoms with Crippen LogP contribution >= 0.6 is 0 Å². The predicted molar refractivity (Wildman–Crippen MR) is 79.7 cm³/mol. The van der Waals surface area contributed by atoms with Crippen molar-refractivity contribution < 1.29 is 9.84 Å². The highest BCUT2D eigenvalue weighted by molar-refractivity contribution is 5.33. The largest absolute Gasteiger partial charge is 0.493 e. The van der Waals surface area contributed by atoms with Crippen molar-refractivity contribution in [2.45, 2.75) is 52.1 Å². The molecule has 1 aromatic rings. The van der Waals surface area contributed by atoms with E-state index >= 15 is 0 Å². The lowest BCUT2D eigenvalue weighted by atomic mass is 9.98. The van der Waals surface area contributed by atoms with Crippen LogP contribution in [0.5, 0.6) is 5.75 Å². The Morgan fingerprint density at radius 3 is 2.58 bits per heavy atom. The summed E-state index contributed by atoms with van der Waals surface area (Å²) in [4.78, 5) is 0. The van der Waals surface area contributed by atoms with Crippen molar-refractivity contribution in [3.63, 3.8) is 0 Å². The van der Waals surface area contributed by atoms with Crippen LogP contribution in [0.4, 0.5) is 0 Å². The summed E-state index contributed by atoms with van der Waals surface area (Å²) in [7, 11) is 0. The van der Waals surface area contributed by atoms with E-state index in [1.54, 1.807) is 0 Å². The highest BCUT2D eigenvalue weighted by Gasteiger charge is 2.23. The van der Waals surface area contributed by atoms with E-state index in [1.807, 2.05) is 25.1 Å². The number of rotatable bonds is 8. The lowest BCUT2D eigenvalue weighted by molar-refractivity contribution is 0.136. The Morgan fingerprint density at radius 1 is 1.32 bits per heavy atom. The Kier molecular flexibility index (Phi) is 6.32. The quantitative estimate of drug-likeness (QED) is 0.759. The SMILES string of the molecule is CCc1ccccc1OCCC(C)(CO)NC(C)C. The molecule has 0 radical (unpaired) electrons. The molecule has 1 aromatic carbocycles. The number of aliphatic hydroxyl groups is 1. The van der Waals surface area contributed by atoms with Gasteiger partial charge in [-0.1, -0.05) is 39.0 Å². The summed E-state index contributed by atoms with van der Waals surface area (Å²) < 4.78 is 5.86. The van der Waals surface area contributed by atoms with E-state index in [1.165, 1.54) is 5.56 Å². The molecule has 0 bridgehead atoms. The Bertz CT molecular complexity index is 379. The van der Waals surface area contributed by atoms with Gasteiger partial charge in [0.1, 0.15) is 5.75 Å². The fraction of sp³-hybridized carbons (Fsp3) is 0.625. The zero-order valence-electron chi connectivity index (χ0n) is 12.6. The van der Waals surface area contributed by atoms with Gasteiger partial charge in [-0.3, -0.25) is 0 Å². The van der Waals surface area contributed by atoms with Gasteiger partial charge >= 0.3 is 0 Å². The summed E-state index contributed by atoms with van der Waals surface area (Å²) in [5.41, 5.74) is 0.944. The summed E-state index contributed by atoms with van der Waals surface area (Å²) in [5, 5.41) is 12.9. The van der Waals surface area contributed by atoms with E-state index in [-0.39, 0.29) is 12.1 Å². The lowest BCUT2D eigenvalue weighted by Crippen LogP contribution is -2.50. The molecule has 19 heavy (non-hydrogen) atoms. The summed E-state index contributed by atoms with van der Waals surface area (Å²) in [6.45, 7) is 9.04. The Labute approximate surface area is 117 Å². The molecular formula is C16H27NO2. The first-order valence-corrected chi connectivity index (χ1v) is 7.10. The van der Waals surface area contributed by atoms with E-state index in [2.05, 4.69) is 32.2 Å². The van der Waals surface area contributed by atoms with Gasteiger partial charge in [0.25, 0.3) is 0 Å². The summed E-state index contributed by atoms with van der Waals surface area (Å²) >= 11 is 0. The van der Waals surface area contributed by atoms with Crippen LogP contribution in [0.1, 0.15) is 39.7 Å². The fourth-order valence-corrected chi connectivity index (χ4v) is 2.22. The van der Waals surface area contributed by atoms with E-state index in [0.29, 0.717) is 12.6 Å². The molecule has 1 atom stereocenters. The third kappa shape index (κ3) is 5.21. The number of aliphatic hydroxyl groups excluding tert-OH is 1. The number of hydrogen-bond donors (Lipinski definition) is 2. The zero-order valence-corrected chi connectivity index (χ0v) is 12.6. The van der Waals surface area contributed by atoms with Gasteiger partial charge in [0.05, 0.1) is 13.2 Å². The minimum atomic E-state index is -0.282.